The smallest absolute Gasteiger partial charge is 0.254 e. The third kappa shape index (κ3) is 2.27. The van der Waals surface area contributed by atoms with E-state index in [2.05, 4.69) is 15.3 Å². The summed E-state index contributed by atoms with van der Waals surface area (Å²) in [4.78, 5) is 19.0. The molecule has 0 N–H and O–H groups in total. The zero-order chi connectivity index (χ0) is 15.8. The van der Waals surface area contributed by atoms with Crippen LogP contribution in [0.1, 0.15) is 28.8 Å². The van der Waals surface area contributed by atoms with Gasteiger partial charge in [-0.25, -0.2) is 4.98 Å². The van der Waals surface area contributed by atoms with Gasteiger partial charge < -0.3 is 4.90 Å². The molecule has 0 aliphatic carbocycles. The minimum Gasteiger partial charge on any atom is -0.339 e. The third-order valence-corrected chi connectivity index (χ3v) is 4.37. The lowest BCUT2D eigenvalue weighted by atomic mass is 10.1. The summed E-state index contributed by atoms with van der Waals surface area (Å²) in [5.41, 5.74) is 3.91. The number of rotatable bonds is 2. The summed E-state index contributed by atoms with van der Waals surface area (Å²) in [5, 5.41) is 8.35. The van der Waals surface area contributed by atoms with Crippen LogP contribution in [0.3, 0.4) is 0 Å². The lowest BCUT2D eigenvalue weighted by molar-refractivity contribution is 0.0792. The number of likely N-dealkylation sites (tertiary alicyclic amines) is 1. The monoisotopic (exact) mass is 307 g/mol. The van der Waals surface area contributed by atoms with Gasteiger partial charge in [0.2, 0.25) is 0 Å². The molecule has 0 radical (unpaired) electrons. The first-order valence-corrected chi connectivity index (χ1v) is 7.81. The molecule has 1 fully saturated rings. The number of pyridine rings is 1. The minimum atomic E-state index is 0.0965. The number of aromatic nitrogens is 4. The first kappa shape index (κ1) is 13.9. The van der Waals surface area contributed by atoms with Crippen LogP contribution in [0.4, 0.5) is 0 Å². The first-order chi connectivity index (χ1) is 11.3. The van der Waals surface area contributed by atoms with E-state index in [4.69, 9.17) is 0 Å². The van der Waals surface area contributed by atoms with Gasteiger partial charge in [0.1, 0.15) is 5.52 Å². The zero-order valence-corrected chi connectivity index (χ0v) is 12.9. The van der Waals surface area contributed by atoms with Gasteiger partial charge in [-0.3, -0.25) is 4.79 Å². The van der Waals surface area contributed by atoms with E-state index in [-0.39, 0.29) is 5.91 Å². The van der Waals surface area contributed by atoms with Gasteiger partial charge in [-0.2, -0.15) is 4.68 Å². The van der Waals surface area contributed by atoms with Crippen molar-refractivity contribution in [3.05, 3.63) is 47.7 Å². The normalized spacial score (nSPS) is 14.6. The quantitative estimate of drug-likeness (QED) is 0.729. The van der Waals surface area contributed by atoms with Crippen molar-refractivity contribution in [3.8, 4) is 5.69 Å². The molecule has 1 aromatic carbocycles. The lowest BCUT2D eigenvalue weighted by Crippen LogP contribution is -2.28. The molecule has 0 unspecified atom stereocenters. The van der Waals surface area contributed by atoms with E-state index >= 15 is 0 Å². The molecule has 1 aliphatic rings. The Hall–Kier alpha value is -2.76. The maximum atomic E-state index is 12.7. The second-order valence-electron chi connectivity index (χ2n) is 5.80. The van der Waals surface area contributed by atoms with Crippen LogP contribution < -0.4 is 0 Å². The van der Waals surface area contributed by atoms with E-state index in [0.717, 1.165) is 48.3 Å². The van der Waals surface area contributed by atoms with Crippen molar-refractivity contribution in [1.82, 2.24) is 24.9 Å². The van der Waals surface area contributed by atoms with Crippen LogP contribution in [0, 0.1) is 6.92 Å². The average molecular weight is 307 g/mol. The molecule has 1 saturated heterocycles. The molecule has 0 saturated carbocycles. The molecular weight excluding hydrogens is 290 g/mol. The van der Waals surface area contributed by atoms with Crippen LogP contribution >= 0.6 is 0 Å². The van der Waals surface area contributed by atoms with Crippen molar-refractivity contribution in [2.75, 3.05) is 13.1 Å². The van der Waals surface area contributed by atoms with Gasteiger partial charge in [0, 0.05) is 24.8 Å². The average Bonchev–Trinajstić information content (AvgIpc) is 3.24. The Morgan fingerprint density at radius 1 is 1.13 bits per heavy atom. The molecule has 1 amide bonds. The van der Waals surface area contributed by atoms with Crippen molar-refractivity contribution < 1.29 is 4.79 Å². The Morgan fingerprint density at radius 3 is 2.78 bits per heavy atom. The standard InChI is InChI=1S/C17H17N5O/c1-12-13(17(23)21-10-2-3-11-21)6-4-8-15(12)22-16-14(19-20-22)7-5-9-18-16/h4-9H,2-3,10-11H2,1H3. The summed E-state index contributed by atoms with van der Waals surface area (Å²) in [5.74, 6) is 0.0965. The van der Waals surface area contributed by atoms with Gasteiger partial charge in [-0.05, 0) is 49.6 Å². The van der Waals surface area contributed by atoms with Gasteiger partial charge >= 0.3 is 0 Å². The third-order valence-electron chi connectivity index (χ3n) is 4.37. The van der Waals surface area contributed by atoms with Crippen LogP contribution in [0.25, 0.3) is 16.9 Å². The number of hydrogen-bond donors (Lipinski definition) is 0. The Bertz CT molecular complexity index is 880. The van der Waals surface area contributed by atoms with Crippen LogP contribution in [0.15, 0.2) is 36.5 Å². The summed E-state index contributed by atoms with van der Waals surface area (Å²) in [6, 6.07) is 9.43. The molecule has 4 rings (SSSR count). The summed E-state index contributed by atoms with van der Waals surface area (Å²) in [7, 11) is 0. The second kappa shape index (κ2) is 5.46. The fraction of sp³-hybridized carbons (Fsp3) is 0.294. The fourth-order valence-corrected chi connectivity index (χ4v) is 3.10. The fourth-order valence-electron chi connectivity index (χ4n) is 3.10. The molecule has 116 valence electrons. The first-order valence-electron chi connectivity index (χ1n) is 7.81. The summed E-state index contributed by atoms with van der Waals surface area (Å²) >= 11 is 0. The topological polar surface area (TPSA) is 63.9 Å². The SMILES string of the molecule is Cc1c(C(=O)N2CCCC2)cccc1-n1nnc2cccnc21. The van der Waals surface area contributed by atoms with Crippen molar-refractivity contribution in [3.63, 3.8) is 0 Å². The summed E-state index contributed by atoms with van der Waals surface area (Å²) in [6.07, 6.45) is 3.89. The van der Waals surface area contributed by atoms with Gasteiger partial charge in [0.15, 0.2) is 5.65 Å². The van der Waals surface area contributed by atoms with E-state index in [1.165, 1.54) is 0 Å². The van der Waals surface area contributed by atoms with E-state index in [1.807, 2.05) is 42.2 Å². The minimum absolute atomic E-state index is 0.0965. The van der Waals surface area contributed by atoms with Crippen molar-refractivity contribution >= 4 is 17.1 Å². The van der Waals surface area contributed by atoms with Crippen molar-refractivity contribution in [2.45, 2.75) is 19.8 Å². The van der Waals surface area contributed by atoms with Crippen LogP contribution in [0.5, 0.6) is 0 Å². The Morgan fingerprint density at radius 2 is 1.96 bits per heavy atom. The summed E-state index contributed by atoms with van der Waals surface area (Å²) < 4.78 is 1.70. The second-order valence-corrected chi connectivity index (χ2v) is 5.80. The molecule has 6 nitrogen and oxygen atoms in total. The van der Waals surface area contributed by atoms with Gasteiger partial charge in [-0.1, -0.05) is 11.3 Å². The summed E-state index contributed by atoms with van der Waals surface area (Å²) in [6.45, 7) is 3.64. The molecule has 1 aliphatic heterocycles. The van der Waals surface area contributed by atoms with Gasteiger partial charge in [0.05, 0.1) is 5.69 Å². The highest BCUT2D eigenvalue weighted by molar-refractivity contribution is 5.96. The molecule has 0 spiro atoms. The van der Waals surface area contributed by atoms with Crippen LogP contribution in [-0.4, -0.2) is 43.9 Å². The number of nitrogens with zero attached hydrogens (tertiary/aromatic N) is 5. The number of carbonyl (C=O) groups excluding carboxylic acids is 1. The number of fused-ring (bicyclic) bond motifs is 1. The van der Waals surface area contributed by atoms with Gasteiger partial charge in [0.25, 0.3) is 5.91 Å². The Balaban J connectivity index is 1.81. The number of hydrogen-bond acceptors (Lipinski definition) is 4. The highest BCUT2D eigenvalue weighted by Gasteiger charge is 2.22. The molecule has 3 heterocycles. The predicted octanol–water partition coefficient (Wildman–Crippen LogP) is 2.36. The molecule has 3 aromatic rings. The highest BCUT2D eigenvalue weighted by atomic mass is 16.2. The Labute approximate surface area is 133 Å². The Kier molecular flexibility index (Phi) is 3.29. The van der Waals surface area contributed by atoms with E-state index in [0.29, 0.717) is 5.65 Å². The molecule has 23 heavy (non-hydrogen) atoms. The highest BCUT2D eigenvalue weighted by Crippen LogP contribution is 2.23. The maximum Gasteiger partial charge on any atom is 0.254 e. The predicted molar refractivity (Wildman–Crippen MR) is 86.5 cm³/mol. The van der Waals surface area contributed by atoms with E-state index < -0.39 is 0 Å². The van der Waals surface area contributed by atoms with Crippen molar-refractivity contribution in [1.29, 1.82) is 0 Å². The molecule has 0 atom stereocenters. The molecular formula is C17H17N5O. The lowest BCUT2D eigenvalue weighted by Gasteiger charge is -2.18. The van der Waals surface area contributed by atoms with Gasteiger partial charge in [-0.15, -0.1) is 5.10 Å². The van der Waals surface area contributed by atoms with Crippen LogP contribution in [-0.2, 0) is 0 Å². The molecule has 0 bridgehead atoms. The van der Waals surface area contributed by atoms with E-state index in [9.17, 15) is 4.79 Å². The molecule has 6 heteroatoms. The number of amides is 1. The van der Waals surface area contributed by atoms with Crippen molar-refractivity contribution in [2.24, 2.45) is 0 Å². The zero-order valence-electron chi connectivity index (χ0n) is 12.9. The number of benzene rings is 1. The maximum absolute atomic E-state index is 12.7. The number of carbonyl (C=O) groups is 1. The molecule has 2 aromatic heterocycles. The van der Waals surface area contributed by atoms with Crippen LogP contribution in [0.2, 0.25) is 0 Å². The van der Waals surface area contributed by atoms with E-state index in [1.54, 1.807) is 10.9 Å². The largest absolute Gasteiger partial charge is 0.339 e.